The lowest BCUT2D eigenvalue weighted by atomic mass is 10.2. The number of phenolic OH excluding ortho intramolecular Hbond substituents is 3. The molecule has 3 aromatic rings. The van der Waals surface area contributed by atoms with E-state index in [-0.39, 0.29) is 0 Å². The molecule has 0 radical (unpaired) electrons. The third kappa shape index (κ3) is 7.58. The van der Waals surface area contributed by atoms with Crippen LogP contribution in [0.15, 0.2) is 78.9 Å². The Morgan fingerprint density at radius 3 is 1.04 bits per heavy atom. The van der Waals surface area contributed by atoms with E-state index in [1.54, 1.807) is 36.4 Å². The van der Waals surface area contributed by atoms with Gasteiger partial charge in [0.2, 0.25) is 0 Å². The summed E-state index contributed by atoms with van der Waals surface area (Å²) in [5, 5.41) is 26.5. The highest BCUT2D eigenvalue weighted by Gasteiger charge is 1.87. The summed E-state index contributed by atoms with van der Waals surface area (Å²) in [6.07, 6.45) is 0. The third-order valence-electron chi connectivity index (χ3n) is 2.99. The molecular formula is C20H22O3. The summed E-state index contributed by atoms with van der Waals surface area (Å²) >= 11 is 0. The lowest BCUT2D eigenvalue weighted by molar-refractivity contribution is 0.470. The van der Waals surface area contributed by atoms with Gasteiger partial charge >= 0.3 is 0 Å². The molecule has 3 nitrogen and oxygen atoms in total. The van der Waals surface area contributed by atoms with Gasteiger partial charge < -0.3 is 15.3 Å². The van der Waals surface area contributed by atoms with Gasteiger partial charge in [-0.1, -0.05) is 54.6 Å². The predicted molar refractivity (Wildman–Crippen MR) is 93.8 cm³/mol. The highest BCUT2D eigenvalue weighted by atomic mass is 16.3. The summed E-state index contributed by atoms with van der Waals surface area (Å²) in [6.45, 7) is 3.74. The number of rotatable bonds is 0. The molecule has 0 aliphatic carbocycles. The highest BCUT2D eigenvalue weighted by Crippen LogP contribution is 2.13. The van der Waals surface area contributed by atoms with Gasteiger partial charge in [0, 0.05) is 0 Å². The maximum Gasteiger partial charge on any atom is 0.118 e. The molecule has 3 N–H and O–H groups in total. The first-order valence-corrected chi connectivity index (χ1v) is 7.24. The number of aromatic hydroxyl groups is 3. The van der Waals surface area contributed by atoms with Crippen LogP contribution in [0.1, 0.15) is 11.1 Å². The van der Waals surface area contributed by atoms with Crippen LogP contribution in [0.4, 0.5) is 0 Å². The van der Waals surface area contributed by atoms with Gasteiger partial charge in [0.15, 0.2) is 0 Å². The highest BCUT2D eigenvalue weighted by molar-refractivity contribution is 5.30. The first-order chi connectivity index (χ1) is 11.0. The van der Waals surface area contributed by atoms with E-state index in [2.05, 4.69) is 0 Å². The Morgan fingerprint density at radius 2 is 0.826 bits per heavy atom. The molecule has 0 unspecified atom stereocenters. The van der Waals surface area contributed by atoms with E-state index in [0.29, 0.717) is 17.2 Å². The Balaban J connectivity index is 0.000000173. The Labute approximate surface area is 137 Å². The second kappa shape index (κ2) is 9.90. The quantitative estimate of drug-likeness (QED) is 0.559. The zero-order valence-corrected chi connectivity index (χ0v) is 13.3. The molecule has 0 saturated carbocycles. The maximum atomic E-state index is 8.92. The molecule has 0 heterocycles. The van der Waals surface area contributed by atoms with Crippen LogP contribution in [0, 0.1) is 13.8 Å². The van der Waals surface area contributed by atoms with E-state index < -0.39 is 0 Å². The average molecular weight is 310 g/mol. The van der Waals surface area contributed by atoms with Crippen molar-refractivity contribution in [3.05, 3.63) is 90.0 Å². The minimum Gasteiger partial charge on any atom is -0.508 e. The Hall–Kier alpha value is -2.94. The minimum atomic E-state index is 0.322. The summed E-state index contributed by atoms with van der Waals surface area (Å²) in [7, 11) is 0. The van der Waals surface area contributed by atoms with Gasteiger partial charge in [-0.3, -0.25) is 0 Å². The summed E-state index contributed by atoms with van der Waals surface area (Å²) in [6, 6.07) is 23.2. The van der Waals surface area contributed by atoms with Gasteiger partial charge in [0.05, 0.1) is 0 Å². The predicted octanol–water partition coefficient (Wildman–Crippen LogP) is 4.79. The molecule has 0 bridgehead atoms. The first-order valence-electron chi connectivity index (χ1n) is 7.24. The van der Waals surface area contributed by atoms with E-state index in [4.69, 9.17) is 15.3 Å². The number of aryl methyl sites for hydroxylation is 2. The van der Waals surface area contributed by atoms with Crippen molar-refractivity contribution in [2.75, 3.05) is 0 Å². The molecular weight excluding hydrogens is 288 g/mol. The number of hydrogen-bond donors (Lipinski definition) is 3. The zero-order valence-electron chi connectivity index (χ0n) is 13.3. The van der Waals surface area contributed by atoms with E-state index in [1.165, 1.54) is 0 Å². The van der Waals surface area contributed by atoms with E-state index in [1.807, 2.05) is 56.3 Å². The van der Waals surface area contributed by atoms with Crippen LogP contribution in [0.3, 0.4) is 0 Å². The number of para-hydroxylation sites is 3. The average Bonchev–Trinajstić information content (AvgIpc) is 2.55. The molecule has 0 fully saturated rings. The van der Waals surface area contributed by atoms with Gasteiger partial charge in [-0.15, -0.1) is 0 Å². The molecule has 3 heteroatoms. The summed E-state index contributed by atoms with van der Waals surface area (Å²) in [5.74, 6) is 1.06. The van der Waals surface area contributed by atoms with Gasteiger partial charge in [-0.05, 0) is 49.2 Å². The van der Waals surface area contributed by atoms with Crippen LogP contribution < -0.4 is 0 Å². The van der Waals surface area contributed by atoms with Crippen molar-refractivity contribution in [3.8, 4) is 17.2 Å². The second-order valence-electron chi connectivity index (χ2n) is 4.91. The third-order valence-corrected chi connectivity index (χ3v) is 2.99. The lowest BCUT2D eigenvalue weighted by Gasteiger charge is -1.92. The van der Waals surface area contributed by atoms with Crippen LogP contribution in [-0.2, 0) is 0 Å². The second-order valence-corrected chi connectivity index (χ2v) is 4.91. The lowest BCUT2D eigenvalue weighted by Crippen LogP contribution is -1.68. The molecule has 0 aliphatic rings. The molecule has 0 aliphatic heterocycles. The monoisotopic (exact) mass is 310 g/mol. The van der Waals surface area contributed by atoms with Crippen molar-refractivity contribution in [3.63, 3.8) is 0 Å². The van der Waals surface area contributed by atoms with Gasteiger partial charge in [-0.25, -0.2) is 0 Å². The largest absolute Gasteiger partial charge is 0.508 e. The molecule has 0 atom stereocenters. The van der Waals surface area contributed by atoms with Crippen molar-refractivity contribution >= 4 is 0 Å². The fraction of sp³-hybridized carbons (Fsp3) is 0.100. The fourth-order valence-electron chi connectivity index (χ4n) is 1.55. The number of benzene rings is 3. The zero-order chi connectivity index (χ0) is 17.1. The van der Waals surface area contributed by atoms with Crippen molar-refractivity contribution in [1.29, 1.82) is 0 Å². The van der Waals surface area contributed by atoms with E-state index in [0.717, 1.165) is 11.1 Å². The van der Waals surface area contributed by atoms with Crippen LogP contribution >= 0.6 is 0 Å². The first kappa shape index (κ1) is 18.1. The minimum absolute atomic E-state index is 0.322. The summed E-state index contributed by atoms with van der Waals surface area (Å²) in [5.41, 5.74) is 1.85. The van der Waals surface area contributed by atoms with Gasteiger partial charge in [0.1, 0.15) is 17.2 Å². The van der Waals surface area contributed by atoms with Crippen molar-refractivity contribution in [1.82, 2.24) is 0 Å². The van der Waals surface area contributed by atoms with Crippen LogP contribution in [0.25, 0.3) is 0 Å². The smallest absolute Gasteiger partial charge is 0.118 e. The molecule has 0 saturated heterocycles. The van der Waals surface area contributed by atoms with Crippen LogP contribution in [0.5, 0.6) is 17.2 Å². The van der Waals surface area contributed by atoms with Crippen molar-refractivity contribution in [2.24, 2.45) is 0 Å². The standard InChI is InChI=1S/2C7H8O.C6H6O/c2*1-6-4-2-3-5-7(6)8;7-6-4-2-1-3-5-6/h2*2-5,8H,1H3;1-5,7H. The van der Waals surface area contributed by atoms with Gasteiger partial charge in [0.25, 0.3) is 0 Å². The van der Waals surface area contributed by atoms with Crippen molar-refractivity contribution < 1.29 is 15.3 Å². The summed E-state index contributed by atoms with van der Waals surface area (Å²) in [4.78, 5) is 0. The molecule has 0 amide bonds. The molecule has 23 heavy (non-hydrogen) atoms. The normalized spacial score (nSPS) is 8.96. The Bertz CT molecular complexity index is 609. The molecule has 0 aromatic heterocycles. The topological polar surface area (TPSA) is 60.7 Å². The van der Waals surface area contributed by atoms with Crippen molar-refractivity contribution in [2.45, 2.75) is 13.8 Å². The van der Waals surface area contributed by atoms with Crippen LogP contribution in [-0.4, -0.2) is 15.3 Å². The van der Waals surface area contributed by atoms with E-state index in [9.17, 15) is 0 Å². The Kier molecular flexibility index (Phi) is 7.79. The van der Waals surface area contributed by atoms with E-state index >= 15 is 0 Å². The van der Waals surface area contributed by atoms with Gasteiger partial charge in [-0.2, -0.15) is 0 Å². The molecule has 3 aromatic carbocycles. The Morgan fingerprint density at radius 1 is 0.478 bits per heavy atom. The fourth-order valence-corrected chi connectivity index (χ4v) is 1.55. The summed E-state index contributed by atoms with van der Waals surface area (Å²) < 4.78 is 0. The molecule has 120 valence electrons. The SMILES string of the molecule is Cc1ccccc1O.Cc1ccccc1O.Oc1ccccc1. The number of phenols is 3. The van der Waals surface area contributed by atoms with Crippen LogP contribution in [0.2, 0.25) is 0 Å². The molecule has 3 rings (SSSR count). The number of hydrogen-bond acceptors (Lipinski definition) is 3. The maximum absolute atomic E-state index is 8.92. The molecule has 0 spiro atoms.